The summed E-state index contributed by atoms with van der Waals surface area (Å²) in [5.74, 6) is -0.0678. The van der Waals surface area contributed by atoms with Gasteiger partial charge in [-0.3, -0.25) is 9.48 Å². The normalized spacial score (nSPS) is 13.6. The van der Waals surface area contributed by atoms with Crippen LogP contribution in [0.25, 0.3) is 0 Å². The molecule has 2 heterocycles. The van der Waals surface area contributed by atoms with Crippen LogP contribution >= 0.6 is 0 Å². The van der Waals surface area contributed by atoms with Gasteiger partial charge in [0.15, 0.2) is 0 Å². The van der Waals surface area contributed by atoms with Crippen molar-refractivity contribution in [2.24, 2.45) is 0 Å². The van der Waals surface area contributed by atoms with Gasteiger partial charge >= 0.3 is 0 Å². The van der Waals surface area contributed by atoms with E-state index in [-0.39, 0.29) is 5.91 Å². The molecule has 1 aliphatic heterocycles. The highest BCUT2D eigenvalue weighted by atomic mass is 16.2. The van der Waals surface area contributed by atoms with Crippen LogP contribution < -0.4 is 10.6 Å². The molecule has 0 saturated carbocycles. The molecule has 3 rings (SSSR count). The summed E-state index contributed by atoms with van der Waals surface area (Å²) in [6.07, 6.45) is 2.43. The van der Waals surface area contributed by atoms with Crippen molar-refractivity contribution in [2.75, 3.05) is 17.2 Å². The van der Waals surface area contributed by atoms with Gasteiger partial charge in [0.2, 0.25) is 0 Å². The highest BCUT2D eigenvalue weighted by Crippen LogP contribution is 2.29. The number of anilines is 2. The number of benzene rings is 1. The fourth-order valence-corrected chi connectivity index (χ4v) is 2.55. The molecule has 0 spiro atoms. The summed E-state index contributed by atoms with van der Waals surface area (Å²) in [5.41, 5.74) is 8.99. The van der Waals surface area contributed by atoms with Crippen LogP contribution in [0.1, 0.15) is 23.0 Å². The van der Waals surface area contributed by atoms with E-state index >= 15 is 0 Å². The van der Waals surface area contributed by atoms with Gasteiger partial charge in [-0.25, -0.2) is 0 Å². The Balaban J connectivity index is 2.00. The SMILES string of the molecule is CCn1ncc(N)c1C(=O)N1CCc2ccccc21. The first-order chi connectivity index (χ1) is 9.22. The molecule has 0 bridgehead atoms. The number of nitrogens with zero attached hydrogens (tertiary/aromatic N) is 3. The number of hydrogen-bond acceptors (Lipinski definition) is 3. The lowest BCUT2D eigenvalue weighted by atomic mass is 10.2. The maximum atomic E-state index is 12.7. The first-order valence-corrected chi connectivity index (χ1v) is 6.43. The lowest BCUT2D eigenvalue weighted by Crippen LogP contribution is -2.31. The van der Waals surface area contributed by atoms with Crippen molar-refractivity contribution in [2.45, 2.75) is 19.9 Å². The second kappa shape index (κ2) is 4.42. The van der Waals surface area contributed by atoms with Gasteiger partial charge in [0.1, 0.15) is 5.69 Å². The predicted molar refractivity (Wildman–Crippen MR) is 74.1 cm³/mol. The molecule has 0 fully saturated rings. The number of carbonyl (C=O) groups excluding carboxylic acids is 1. The van der Waals surface area contributed by atoms with Gasteiger partial charge in [0.25, 0.3) is 5.91 Å². The average Bonchev–Trinajstić information content (AvgIpc) is 3.01. The second-order valence-electron chi connectivity index (χ2n) is 4.60. The number of fused-ring (bicyclic) bond motifs is 1. The Kier molecular flexibility index (Phi) is 2.74. The molecule has 5 heteroatoms. The summed E-state index contributed by atoms with van der Waals surface area (Å²) < 4.78 is 1.65. The number of rotatable bonds is 2. The zero-order chi connectivity index (χ0) is 13.4. The van der Waals surface area contributed by atoms with Crippen molar-refractivity contribution in [1.29, 1.82) is 0 Å². The van der Waals surface area contributed by atoms with Gasteiger partial charge < -0.3 is 10.6 Å². The maximum absolute atomic E-state index is 12.7. The molecule has 0 radical (unpaired) electrons. The lowest BCUT2D eigenvalue weighted by molar-refractivity contribution is 0.0980. The van der Waals surface area contributed by atoms with Crippen LogP contribution in [0.2, 0.25) is 0 Å². The van der Waals surface area contributed by atoms with Crippen LogP contribution in [0.4, 0.5) is 11.4 Å². The van der Waals surface area contributed by atoms with Crippen LogP contribution in [-0.4, -0.2) is 22.2 Å². The Labute approximate surface area is 111 Å². The van der Waals surface area contributed by atoms with Crippen molar-refractivity contribution < 1.29 is 4.79 Å². The van der Waals surface area contributed by atoms with E-state index < -0.39 is 0 Å². The molecule has 2 N–H and O–H groups in total. The Morgan fingerprint density at radius 1 is 1.42 bits per heavy atom. The summed E-state index contributed by atoms with van der Waals surface area (Å²) >= 11 is 0. The zero-order valence-corrected chi connectivity index (χ0v) is 10.8. The van der Waals surface area contributed by atoms with Crippen molar-refractivity contribution in [3.8, 4) is 0 Å². The molecule has 0 unspecified atom stereocenters. The first kappa shape index (κ1) is 11.8. The van der Waals surface area contributed by atoms with Crippen molar-refractivity contribution in [1.82, 2.24) is 9.78 Å². The molecular formula is C14H16N4O. The number of aryl methyl sites for hydroxylation is 1. The molecule has 0 atom stereocenters. The Hall–Kier alpha value is -2.30. The van der Waals surface area contributed by atoms with Gasteiger partial charge in [-0.1, -0.05) is 18.2 Å². The van der Waals surface area contributed by atoms with E-state index in [9.17, 15) is 4.79 Å². The average molecular weight is 256 g/mol. The number of aromatic nitrogens is 2. The molecule has 98 valence electrons. The van der Waals surface area contributed by atoms with Crippen molar-refractivity contribution in [3.63, 3.8) is 0 Å². The number of nitrogens with two attached hydrogens (primary N) is 1. The fraction of sp³-hybridized carbons (Fsp3) is 0.286. The van der Waals surface area contributed by atoms with E-state index in [2.05, 4.69) is 11.2 Å². The topological polar surface area (TPSA) is 64.2 Å². The minimum Gasteiger partial charge on any atom is -0.396 e. The van der Waals surface area contributed by atoms with Gasteiger partial charge in [-0.2, -0.15) is 5.10 Å². The smallest absolute Gasteiger partial charge is 0.278 e. The summed E-state index contributed by atoms with van der Waals surface area (Å²) in [5, 5.41) is 4.13. The summed E-state index contributed by atoms with van der Waals surface area (Å²) in [6.45, 7) is 3.28. The minimum atomic E-state index is -0.0678. The molecule has 2 aromatic rings. The van der Waals surface area contributed by atoms with E-state index in [1.807, 2.05) is 25.1 Å². The Morgan fingerprint density at radius 2 is 2.21 bits per heavy atom. The largest absolute Gasteiger partial charge is 0.396 e. The molecule has 0 saturated heterocycles. The Morgan fingerprint density at radius 3 is 3.00 bits per heavy atom. The number of carbonyl (C=O) groups is 1. The van der Waals surface area contributed by atoms with E-state index in [0.717, 1.165) is 12.1 Å². The van der Waals surface area contributed by atoms with Crippen molar-refractivity contribution in [3.05, 3.63) is 41.7 Å². The zero-order valence-electron chi connectivity index (χ0n) is 10.8. The standard InChI is InChI=1S/C14H16N4O/c1-2-18-13(11(15)9-16-18)14(19)17-8-7-10-5-3-4-6-12(10)17/h3-6,9H,2,7-8,15H2,1H3. The van der Waals surface area contributed by atoms with Crippen LogP contribution in [0.3, 0.4) is 0 Å². The highest BCUT2D eigenvalue weighted by molar-refractivity contribution is 6.09. The molecule has 5 nitrogen and oxygen atoms in total. The number of hydrogen-bond donors (Lipinski definition) is 1. The van der Waals surface area contributed by atoms with Gasteiger partial charge in [0.05, 0.1) is 11.9 Å². The van der Waals surface area contributed by atoms with Crippen molar-refractivity contribution >= 4 is 17.3 Å². The fourth-order valence-electron chi connectivity index (χ4n) is 2.55. The minimum absolute atomic E-state index is 0.0678. The Bertz CT molecular complexity index is 632. The van der Waals surface area contributed by atoms with E-state index in [0.29, 0.717) is 24.5 Å². The van der Waals surface area contributed by atoms with E-state index in [4.69, 9.17) is 5.73 Å². The molecule has 0 aliphatic carbocycles. The quantitative estimate of drug-likeness (QED) is 0.889. The van der Waals surface area contributed by atoms with Gasteiger partial charge in [0, 0.05) is 18.8 Å². The first-order valence-electron chi connectivity index (χ1n) is 6.43. The lowest BCUT2D eigenvalue weighted by Gasteiger charge is -2.18. The third-order valence-corrected chi connectivity index (χ3v) is 3.50. The van der Waals surface area contributed by atoms with E-state index in [1.165, 1.54) is 5.56 Å². The van der Waals surface area contributed by atoms with Gasteiger partial charge in [-0.15, -0.1) is 0 Å². The van der Waals surface area contributed by atoms with Crippen LogP contribution in [0, 0.1) is 0 Å². The monoisotopic (exact) mass is 256 g/mol. The molecule has 1 aromatic carbocycles. The molecule has 1 aliphatic rings. The van der Waals surface area contributed by atoms with Crippen LogP contribution in [-0.2, 0) is 13.0 Å². The maximum Gasteiger partial charge on any atom is 0.278 e. The number of amides is 1. The summed E-state index contributed by atoms with van der Waals surface area (Å²) in [4.78, 5) is 14.4. The predicted octanol–water partition coefficient (Wildman–Crippen LogP) is 1.69. The summed E-state index contributed by atoms with van der Waals surface area (Å²) in [6, 6.07) is 7.98. The number of para-hydroxylation sites is 1. The van der Waals surface area contributed by atoms with Crippen LogP contribution in [0.5, 0.6) is 0 Å². The second-order valence-corrected chi connectivity index (χ2v) is 4.60. The summed E-state index contributed by atoms with van der Waals surface area (Å²) in [7, 11) is 0. The molecule has 1 amide bonds. The molecule has 19 heavy (non-hydrogen) atoms. The third-order valence-electron chi connectivity index (χ3n) is 3.50. The molecular weight excluding hydrogens is 240 g/mol. The van der Waals surface area contributed by atoms with Crippen LogP contribution in [0.15, 0.2) is 30.5 Å². The van der Waals surface area contributed by atoms with Gasteiger partial charge in [-0.05, 0) is 25.0 Å². The third kappa shape index (κ3) is 1.78. The highest BCUT2D eigenvalue weighted by Gasteiger charge is 2.28. The number of nitrogen functional groups attached to an aromatic ring is 1. The molecule has 1 aromatic heterocycles. The van der Waals surface area contributed by atoms with E-state index in [1.54, 1.807) is 15.8 Å².